The molecule has 1 amide bonds. The topological polar surface area (TPSA) is 56.6 Å². The van der Waals surface area contributed by atoms with Crippen LogP contribution in [-0.4, -0.2) is 40.8 Å². The van der Waals surface area contributed by atoms with Crippen molar-refractivity contribution in [1.82, 2.24) is 14.7 Å². The van der Waals surface area contributed by atoms with Gasteiger partial charge in [-0.25, -0.2) is 0 Å². The number of halogens is 1. The number of carbonyl (C=O) groups is 1. The summed E-state index contributed by atoms with van der Waals surface area (Å²) in [5.74, 6) is 1.34. The second-order valence-electron chi connectivity index (χ2n) is 5.64. The third kappa shape index (κ3) is 4.89. The van der Waals surface area contributed by atoms with Crippen LogP contribution in [0.2, 0.25) is 5.02 Å². The molecule has 0 aliphatic heterocycles. The first-order valence-electron chi connectivity index (χ1n) is 8.25. The van der Waals surface area contributed by atoms with Crippen molar-refractivity contribution in [3.05, 3.63) is 40.7 Å². The van der Waals surface area contributed by atoms with Crippen LogP contribution < -0.4 is 9.47 Å². The lowest BCUT2D eigenvalue weighted by atomic mass is 10.1. The molecule has 0 bridgehead atoms. The Bertz CT molecular complexity index is 711. The summed E-state index contributed by atoms with van der Waals surface area (Å²) in [7, 11) is 3.56. The summed E-state index contributed by atoms with van der Waals surface area (Å²) in [4.78, 5) is 14.2. The van der Waals surface area contributed by atoms with Crippen molar-refractivity contribution in [1.29, 1.82) is 0 Å². The number of hydrogen-bond donors (Lipinski definition) is 0. The fourth-order valence-corrected chi connectivity index (χ4v) is 2.67. The van der Waals surface area contributed by atoms with Crippen LogP contribution >= 0.6 is 11.6 Å². The monoisotopic (exact) mass is 365 g/mol. The number of ether oxygens (including phenoxy) is 2. The molecular weight excluding hydrogens is 342 g/mol. The summed E-state index contributed by atoms with van der Waals surface area (Å²) in [5.41, 5.74) is 1.68. The maximum Gasteiger partial charge on any atom is 0.227 e. The molecule has 1 heterocycles. The Morgan fingerprint density at radius 1 is 1.24 bits per heavy atom. The summed E-state index contributed by atoms with van der Waals surface area (Å²) in [6.45, 7) is 5.34. The van der Waals surface area contributed by atoms with Crippen LogP contribution in [0, 0.1) is 0 Å². The van der Waals surface area contributed by atoms with Gasteiger partial charge in [-0.3, -0.25) is 9.48 Å². The van der Waals surface area contributed by atoms with E-state index in [0.29, 0.717) is 36.3 Å². The second kappa shape index (κ2) is 8.76. The average molecular weight is 366 g/mol. The Morgan fingerprint density at radius 3 is 2.52 bits per heavy atom. The molecule has 1 aromatic heterocycles. The summed E-state index contributed by atoms with van der Waals surface area (Å²) in [6.07, 6.45) is 1.86. The van der Waals surface area contributed by atoms with Gasteiger partial charge in [-0.2, -0.15) is 5.10 Å². The molecule has 2 rings (SSSR count). The summed E-state index contributed by atoms with van der Waals surface area (Å²) >= 11 is 6.10. The Labute approximate surface area is 153 Å². The molecule has 0 atom stereocenters. The predicted molar refractivity (Wildman–Crippen MR) is 97.2 cm³/mol. The summed E-state index contributed by atoms with van der Waals surface area (Å²) in [6, 6.07) is 5.59. The quantitative estimate of drug-likeness (QED) is 0.721. The molecule has 2 aromatic rings. The molecule has 0 spiro atoms. The van der Waals surface area contributed by atoms with E-state index in [1.165, 1.54) is 0 Å². The first kappa shape index (κ1) is 19.1. The minimum atomic E-state index is -0.0103. The predicted octanol–water partition coefficient (Wildman–Crippen LogP) is 3.07. The van der Waals surface area contributed by atoms with Crippen LogP contribution in [0.5, 0.6) is 11.5 Å². The molecule has 136 valence electrons. The van der Waals surface area contributed by atoms with E-state index < -0.39 is 0 Å². The SMILES string of the molecule is CCOc1ccc(CC(=O)N(C)Cc2c(Cl)cnn2C)cc1OCC. The van der Waals surface area contributed by atoms with E-state index in [1.54, 1.807) is 29.9 Å². The van der Waals surface area contributed by atoms with Crippen LogP contribution in [0.1, 0.15) is 25.1 Å². The molecule has 6 nitrogen and oxygen atoms in total. The van der Waals surface area contributed by atoms with Crippen molar-refractivity contribution in [3.63, 3.8) is 0 Å². The highest BCUT2D eigenvalue weighted by Crippen LogP contribution is 2.29. The van der Waals surface area contributed by atoms with E-state index in [9.17, 15) is 4.79 Å². The van der Waals surface area contributed by atoms with Crippen molar-refractivity contribution >= 4 is 17.5 Å². The zero-order valence-corrected chi connectivity index (χ0v) is 15.8. The number of amides is 1. The van der Waals surface area contributed by atoms with Gasteiger partial charge in [0.05, 0.1) is 43.1 Å². The fourth-order valence-electron chi connectivity index (χ4n) is 2.44. The van der Waals surface area contributed by atoms with E-state index in [-0.39, 0.29) is 12.3 Å². The van der Waals surface area contributed by atoms with Crippen LogP contribution in [-0.2, 0) is 24.8 Å². The number of aryl methyl sites for hydroxylation is 1. The largest absolute Gasteiger partial charge is 0.490 e. The summed E-state index contributed by atoms with van der Waals surface area (Å²) < 4.78 is 12.8. The number of likely N-dealkylation sites (N-methyl/N-ethyl adjacent to an activating group) is 1. The molecule has 0 radical (unpaired) electrons. The smallest absolute Gasteiger partial charge is 0.227 e. The number of aromatic nitrogens is 2. The van der Waals surface area contributed by atoms with Crippen molar-refractivity contribution in [2.24, 2.45) is 7.05 Å². The Balaban J connectivity index is 2.07. The molecule has 0 saturated carbocycles. The molecular formula is C18H24ClN3O3. The highest BCUT2D eigenvalue weighted by molar-refractivity contribution is 6.31. The summed E-state index contributed by atoms with van der Waals surface area (Å²) in [5, 5.41) is 4.65. The molecule has 0 fully saturated rings. The molecule has 0 aliphatic carbocycles. The van der Waals surface area contributed by atoms with E-state index in [4.69, 9.17) is 21.1 Å². The van der Waals surface area contributed by atoms with E-state index >= 15 is 0 Å². The zero-order chi connectivity index (χ0) is 18.4. The maximum atomic E-state index is 12.5. The van der Waals surface area contributed by atoms with Crippen molar-refractivity contribution in [2.45, 2.75) is 26.8 Å². The number of carbonyl (C=O) groups excluding carboxylic acids is 1. The fraction of sp³-hybridized carbons (Fsp3) is 0.444. The normalized spacial score (nSPS) is 10.6. The average Bonchev–Trinajstić information content (AvgIpc) is 2.89. The molecule has 0 N–H and O–H groups in total. The Kier molecular flexibility index (Phi) is 6.70. The van der Waals surface area contributed by atoms with Crippen molar-refractivity contribution in [2.75, 3.05) is 20.3 Å². The molecule has 1 aromatic carbocycles. The van der Waals surface area contributed by atoms with Crippen LogP contribution in [0.3, 0.4) is 0 Å². The van der Waals surface area contributed by atoms with Crippen LogP contribution in [0.15, 0.2) is 24.4 Å². The van der Waals surface area contributed by atoms with E-state index in [2.05, 4.69) is 5.10 Å². The van der Waals surface area contributed by atoms with Crippen LogP contribution in [0.25, 0.3) is 0 Å². The van der Waals surface area contributed by atoms with Gasteiger partial charge in [0.15, 0.2) is 11.5 Å². The van der Waals surface area contributed by atoms with E-state index in [1.807, 2.05) is 32.0 Å². The highest BCUT2D eigenvalue weighted by Gasteiger charge is 2.16. The zero-order valence-electron chi connectivity index (χ0n) is 15.1. The van der Waals surface area contributed by atoms with Gasteiger partial charge in [0, 0.05) is 14.1 Å². The molecule has 25 heavy (non-hydrogen) atoms. The molecule has 0 saturated heterocycles. The Hall–Kier alpha value is -2.21. The third-order valence-electron chi connectivity index (χ3n) is 3.79. The third-order valence-corrected chi connectivity index (χ3v) is 4.10. The standard InChI is InChI=1S/C18H24ClN3O3/c1-5-24-16-8-7-13(9-17(16)25-6-2)10-18(23)21(3)12-15-14(19)11-20-22(15)4/h7-9,11H,5-6,10,12H2,1-4H3. The van der Waals surface area contributed by atoms with Gasteiger partial charge < -0.3 is 14.4 Å². The molecule has 0 unspecified atom stereocenters. The lowest BCUT2D eigenvalue weighted by Crippen LogP contribution is -2.28. The van der Waals surface area contributed by atoms with Crippen LogP contribution in [0.4, 0.5) is 0 Å². The van der Waals surface area contributed by atoms with Gasteiger partial charge >= 0.3 is 0 Å². The number of benzene rings is 1. The maximum absolute atomic E-state index is 12.5. The minimum Gasteiger partial charge on any atom is -0.490 e. The second-order valence-corrected chi connectivity index (χ2v) is 6.04. The van der Waals surface area contributed by atoms with Gasteiger partial charge in [-0.1, -0.05) is 17.7 Å². The lowest BCUT2D eigenvalue weighted by molar-refractivity contribution is -0.129. The van der Waals surface area contributed by atoms with Gasteiger partial charge in [0.2, 0.25) is 5.91 Å². The van der Waals surface area contributed by atoms with E-state index in [0.717, 1.165) is 11.3 Å². The highest BCUT2D eigenvalue weighted by atomic mass is 35.5. The number of nitrogens with zero attached hydrogens (tertiary/aromatic N) is 3. The number of hydrogen-bond acceptors (Lipinski definition) is 4. The van der Waals surface area contributed by atoms with Crippen molar-refractivity contribution < 1.29 is 14.3 Å². The first-order valence-corrected chi connectivity index (χ1v) is 8.62. The van der Waals surface area contributed by atoms with Gasteiger partial charge in [0.25, 0.3) is 0 Å². The van der Waals surface area contributed by atoms with Gasteiger partial charge in [-0.15, -0.1) is 0 Å². The Morgan fingerprint density at radius 2 is 1.92 bits per heavy atom. The molecule has 0 aliphatic rings. The first-order chi connectivity index (χ1) is 12.0. The number of rotatable bonds is 8. The van der Waals surface area contributed by atoms with Gasteiger partial charge in [-0.05, 0) is 31.5 Å². The van der Waals surface area contributed by atoms with Crippen molar-refractivity contribution in [3.8, 4) is 11.5 Å². The molecule has 7 heteroatoms. The lowest BCUT2D eigenvalue weighted by Gasteiger charge is -2.18. The minimum absolute atomic E-state index is 0.0103. The van der Waals surface area contributed by atoms with Gasteiger partial charge in [0.1, 0.15) is 0 Å².